The highest BCUT2D eigenvalue weighted by Gasteiger charge is 2.29. The zero-order chi connectivity index (χ0) is 17.8. The molecule has 0 saturated heterocycles. The number of fused-ring (bicyclic) bond motifs is 3. The maximum absolute atomic E-state index is 12.0. The number of carbonyl (C=O) groups is 2. The third kappa shape index (κ3) is 3.50. The standard InChI is InChI=1S/C20H22N2O3/c1-3-21-19(23)13(2)22-20(24)25-12-18-16-10-6-4-8-14(16)15-9-5-7-11-17(15)18/h4-11,13,18H,3,12H2,1-2H3,(H,21,23)(H,22,24)/t13-/m1/s1. The minimum absolute atomic E-state index is 0.0120. The first-order valence-corrected chi connectivity index (χ1v) is 8.51. The van der Waals surface area contributed by atoms with E-state index in [1.54, 1.807) is 6.92 Å². The van der Waals surface area contributed by atoms with E-state index < -0.39 is 12.1 Å². The van der Waals surface area contributed by atoms with Gasteiger partial charge in [-0.3, -0.25) is 4.79 Å². The Morgan fingerprint density at radius 1 is 1.04 bits per heavy atom. The monoisotopic (exact) mass is 338 g/mol. The molecule has 2 N–H and O–H groups in total. The van der Waals surface area contributed by atoms with Crippen molar-refractivity contribution in [2.24, 2.45) is 0 Å². The number of nitrogens with one attached hydrogen (secondary N) is 2. The Hall–Kier alpha value is -2.82. The smallest absolute Gasteiger partial charge is 0.407 e. The van der Waals surface area contributed by atoms with Gasteiger partial charge in [0.05, 0.1) is 0 Å². The summed E-state index contributed by atoms with van der Waals surface area (Å²) in [6.45, 7) is 4.22. The number of ether oxygens (including phenoxy) is 1. The molecule has 1 aliphatic carbocycles. The Morgan fingerprint density at radius 3 is 2.16 bits per heavy atom. The predicted molar refractivity (Wildman–Crippen MR) is 96.4 cm³/mol. The van der Waals surface area contributed by atoms with Gasteiger partial charge in [0, 0.05) is 12.5 Å². The van der Waals surface area contributed by atoms with Crippen LogP contribution in [0.25, 0.3) is 11.1 Å². The Morgan fingerprint density at radius 2 is 1.60 bits per heavy atom. The molecule has 5 nitrogen and oxygen atoms in total. The first-order valence-electron chi connectivity index (χ1n) is 8.51. The number of amides is 2. The van der Waals surface area contributed by atoms with E-state index in [9.17, 15) is 9.59 Å². The van der Waals surface area contributed by atoms with Crippen molar-refractivity contribution in [2.75, 3.05) is 13.2 Å². The molecule has 0 aliphatic heterocycles. The van der Waals surface area contributed by atoms with E-state index in [0.29, 0.717) is 6.54 Å². The van der Waals surface area contributed by atoms with Crippen LogP contribution >= 0.6 is 0 Å². The van der Waals surface area contributed by atoms with Crippen molar-refractivity contribution < 1.29 is 14.3 Å². The molecule has 0 saturated carbocycles. The summed E-state index contributed by atoms with van der Waals surface area (Å²) in [4.78, 5) is 23.7. The van der Waals surface area contributed by atoms with Crippen molar-refractivity contribution in [1.29, 1.82) is 0 Å². The molecule has 0 spiro atoms. The van der Waals surface area contributed by atoms with Gasteiger partial charge < -0.3 is 15.4 Å². The zero-order valence-electron chi connectivity index (χ0n) is 14.4. The van der Waals surface area contributed by atoms with Crippen LogP contribution in [-0.2, 0) is 9.53 Å². The van der Waals surface area contributed by atoms with Crippen LogP contribution in [0.4, 0.5) is 4.79 Å². The normalized spacial score (nSPS) is 13.5. The van der Waals surface area contributed by atoms with Crippen molar-refractivity contribution in [3.05, 3.63) is 59.7 Å². The quantitative estimate of drug-likeness (QED) is 0.880. The molecule has 1 atom stereocenters. The molecule has 130 valence electrons. The summed E-state index contributed by atoms with van der Waals surface area (Å²) in [6, 6.07) is 15.7. The van der Waals surface area contributed by atoms with Crippen LogP contribution in [0.1, 0.15) is 30.9 Å². The van der Waals surface area contributed by atoms with E-state index in [2.05, 4.69) is 34.9 Å². The molecule has 2 amide bonds. The molecule has 0 fully saturated rings. The molecule has 2 aromatic carbocycles. The van der Waals surface area contributed by atoms with Gasteiger partial charge in [0.1, 0.15) is 12.6 Å². The van der Waals surface area contributed by atoms with E-state index in [4.69, 9.17) is 4.74 Å². The molecule has 0 bridgehead atoms. The number of carbonyl (C=O) groups excluding carboxylic acids is 2. The second kappa shape index (κ2) is 7.38. The Labute approximate surface area is 147 Å². The molecule has 0 radical (unpaired) electrons. The number of likely N-dealkylation sites (N-methyl/N-ethyl adjacent to an activating group) is 1. The van der Waals surface area contributed by atoms with Crippen LogP contribution in [0, 0.1) is 0 Å². The molecule has 0 aromatic heterocycles. The van der Waals surface area contributed by atoms with Crippen molar-refractivity contribution in [1.82, 2.24) is 10.6 Å². The van der Waals surface area contributed by atoms with Crippen LogP contribution in [0.5, 0.6) is 0 Å². The molecule has 0 heterocycles. The summed E-state index contributed by atoms with van der Waals surface area (Å²) in [6.07, 6.45) is -0.583. The second-order valence-electron chi connectivity index (χ2n) is 6.09. The molecule has 1 aliphatic rings. The van der Waals surface area contributed by atoms with Crippen LogP contribution in [0.3, 0.4) is 0 Å². The predicted octanol–water partition coefficient (Wildman–Crippen LogP) is 3.05. The summed E-state index contributed by atoms with van der Waals surface area (Å²) < 4.78 is 5.41. The highest BCUT2D eigenvalue weighted by Crippen LogP contribution is 2.44. The van der Waals surface area contributed by atoms with E-state index in [0.717, 1.165) is 11.1 Å². The van der Waals surface area contributed by atoms with Gasteiger partial charge in [-0.1, -0.05) is 48.5 Å². The van der Waals surface area contributed by atoms with Gasteiger partial charge in [-0.15, -0.1) is 0 Å². The number of alkyl carbamates (subject to hydrolysis) is 1. The van der Waals surface area contributed by atoms with Crippen LogP contribution < -0.4 is 10.6 Å². The van der Waals surface area contributed by atoms with E-state index in [1.807, 2.05) is 31.2 Å². The summed E-state index contributed by atoms with van der Waals surface area (Å²) >= 11 is 0. The number of hydrogen-bond donors (Lipinski definition) is 2. The maximum Gasteiger partial charge on any atom is 0.407 e. The van der Waals surface area contributed by atoms with Gasteiger partial charge in [0.2, 0.25) is 5.91 Å². The van der Waals surface area contributed by atoms with Gasteiger partial charge >= 0.3 is 6.09 Å². The summed E-state index contributed by atoms with van der Waals surface area (Å²) in [5.41, 5.74) is 4.69. The zero-order valence-corrected chi connectivity index (χ0v) is 14.4. The highest BCUT2D eigenvalue weighted by molar-refractivity contribution is 5.85. The number of rotatable bonds is 5. The third-order valence-electron chi connectivity index (χ3n) is 4.42. The van der Waals surface area contributed by atoms with E-state index >= 15 is 0 Å². The minimum Gasteiger partial charge on any atom is -0.449 e. The van der Waals surface area contributed by atoms with Crippen LogP contribution in [-0.4, -0.2) is 31.2 Å². The third-order valence-corrected chi connectivity index (χ3v) is 4.42. The minimum atomic E-state index is -0.629. The lowest BCUT2D eigenvalue weighted by atomic mass is 9.98. The summed E-state index contributed by atoms with van der Waals surface area (Å²) in [7, 11) is 0. The first kappa shape index (κ1) is 17.0. The molecular formula is C20H22N2O3. The second-order valence-corrected chi connectivity index (χ2v) is 6.09. The Balaban J connectivity index is 1.67. The maximum atomic E-state index is 12.0. The van der Waals surface area contributed by atoms with Gasteiger partial charge in [0.15, 0.2) is 0 Å². The summed E-state index contributed by atoms with van der Waals surface area (Å²) in [5.74, 6) is -0.214. The fraction of sp³-hybridized carbons (Fsp3) is 0.300. The summed E-state index contributed by atoms with van der Waals surface area (Å²) in [5, 5.41) is 5.23. The van der Waals surface area contributed by atoms with E-state index in [-0.39, 0.29) is 18.4 Å². The van der Waals surface area contributed by atoms with Gasteiger partial charge in [-0.25, -0.2) is 4.79 Å². The topological polar surface area (TPSA) is 67.4 Å². The number of hydrogen-bond acceptors (Lipinski definition) is 3. The molecule has 25 heavy (non-hydrogen) atoms. The van der Waals surface area contributed by atoms with Gasteiger partial charge in [0.25, 0.3) is 0 Å². The van der Waals surface area contributed by atoms with Gasteiger partial charge in [-0.05, 0) is 36.1 Å². The SMILES string of the molecule is CCNC(=O)[C@@H](C)NC(=O)OCC1c2ccccc2-c2ccccc21. The Bertz CT molecular complexity index is 743. The van der Waals surface area contributed by atoms with Gasteiger partial charge in [-0.2, -0.15) is 0 Å². The lowest BCUT2D eigenvalue weighted by molar-refractivity contribution is -0.122. The number of benzene rings is 2. The van der Waals surface area contributed by atoms with Crippen LogP contribution in [0.2, 0.25) is 0 Å². The van der Waals surface area contributed by atoms with Crippen molar-refractivity contribution in [3.63, 3.8) is 0 Å². The molecular weight excluding hydrogens is 316 g/mol. The molecule has 0 unspecified atom stereocenters. The molecule has 5 heteroatoms. The largest absolute Gasteiger partial charge is 0.449 e. The van der Waals surface area contributed by atoms with E-state index in [1.165, 1.54) is 11.1 Å². The first-order chi connectivity index (χ1) is 12.1. The lowest BCUT2D eigenvalue weighted by Gasteiger charge is -2.17. The molecule has 3 rings (SSSR count). The Kier molecular flexibility index (Phi) is 5.03. The molecule has 2 aromatic rings. The lowest BCUT2D eigenvalue weighted by Crippen LogP contribution is -2.45. The van der Waals surface area contributed by atoms with Crippen molar-refractivity contribution in [3.8, 4) is 11.1 Å². The van der Waals surface area contributed by atoms with Crippen molar-refractivity contribution in [2.45, 2.75) is 25.8 Å². The van der Waals surface area contributed by atoms with Crippen molar-refractivity contribution >= 4 is 12.0 Å². The highest BCUT2D eigenvalue weighted by atomic mass is 16.5. The average molecular weight is 338 g/mol. The average Bonchev–Trinajstić information content (AvgIpc) is 2.94. The fourth-order valence-electron chi connectivity index (χ4n) is 3.21. The van der Waals surface area contributed by atoms with Crippen LogP contribution in [0.15, 0.2) is 48.5 Å². The fourth-order valence-corrected chi connectivity index (χ4v) is 3.21.